The molecule has 0 saturated carbocycles. The van der Waals surface area contributed by atoms with Gasteiger partial charge in [0.25, 0.3) is 0 Å². The predicted molar refractivity (Wildman–Crippen MR) is 128 cm³/mol. The van der Waals surface area contributed by atoms with Gasteiger partial charge in [0, 0.05) is 42.6 Å². The molecule has 0 aliphatic rings. The van der Waals surface area contributed by atoms with Gasteiger partial charge in [0.15, 0.2) is 0 Å². The summed E-state index contributed by atoms with van der Waals surface area (Å²) >= 11 is 0. The Morgan fingerprint density at radius 1 is 0.686 bits per heavy atom. The number of benzene rings is 3. The van der Waals surface area contributed by atoms with E-state index in [9.17, 15) is 27.2 Å². The maximum atomic E-state index is 14.8. The van der Waals surface area contributed by atoms with Crippen LogP contribution in [0.4, 0.5) is 23.2 Å². The van der Waals surface area contributed by atoms with Crippen LogP contribution in [0.3, 0.4) is 0 Å². The Hall–Kier alpha value is -3.48. The van der Waals surface area contributed by atoms with Crippen molar-refractivity contribution in [1.82, 2.24) is 0 Å². The van der Waals surface area contributed by atoms with Crippen molar-refractivity contribution in [1.29, 1.82) is 0 Å². The highest BCUT2D eigenvalue weighted by Crippen LogP contribution is 2.35. The molecule has 0 amide bonds. The molecule has 0 saturated heterocycles. The topological polar surface area (TPSA) is 46.2 Å². The van der Waals surface area contributed by atoms with Crippen molar-refractivity contribution < 1.29 is 27.2 Å². The van der Waals surface area contributed by atoms with Gasteiger partial charge in [-0.1, -0.05) is 74.5 Å². The summed E-state index contributed by atoms with van der Waals surface area (Å²) in [6.45, 7) is 4.82. The van der Waals surface area contributed by atoms with Crippen LogP contribution in [0.25, 0.3) is 0 Å². The standard InChI is InChI=1S/C28H27F4NO2/c1-18(34)27(29,30)22-9-11-23(12-10-22)28(31,32)25(35)17-19-5-7-20(8-6-19)26(2,3)21-13-15-24(33-4)16-14-21/h5-16,33H,17H2,1-4H3. The van der Waals surface area contributed by atoms with Crippen molar-refractivity contribution in [3.05, 3.63) is 101 Å². The molecule has 0 spiro atoms. The van der Waals surface area contributed by atoms with Gasteiger partial charge in [-0.3, -0.25) is 9.59 Å². The van der Waals surface area contributed by atoms with Crippen molar-refractivity contribution in [2.24, 2.45) is 0 Å². The second kappa shape index (κ2) is 9.64. The average molecular weight is 486 g/mol. The minimum absolute atomic E-state index is 0.345. The lowest BCUT2D eigenvalue weighted by Crippen LogP contribution is -2.28. The Bertz CT molecular complexity index is 1200. The number of rotatable bonds is 9. The van der Waals surface area contributed by atoms with Gasteiger partial charge in [0.2, 0.25) is 11.6 Å². The van der Waals surface area contributed by atoms with E-state index in [1.165, 1.54) is 0 Å². The van der Waals surface area contributed by atoms with Crippen molar-refractivity contribution in [3.63, 3.8) is 0 Å². The van der Waals surface area contributed by atoms with Crippen LogP contribution in [0.15, 0.2) is 72.8 Å². The number of hydrogen-bond donors (Lipinski definition) is 1. The van der Waals surface area contributed by atoms with Gasteiger partial charge >= 0.3 is 11.8 Å². The first-order valence-corrected chi connectivity index (χ1v) is 11.1. The van der Waals surface area contributed by atoms with Crippen LogP contribution in [0, 0.1) is 0 Å². The van der Waals surface area contributed by atoms with Crippen LogP contribution < -0.4 is 5.32 Å². The zero-order valence-electron chi connectivity index (χ0n) is 20.0. The largest absolute Gasteiger partial charge is 0.388 e. The average Bonchev–Trinajstić information content (AvgIpc) is 2.84. The molecular weight excluding hydrogens is 458 g/mol. The molecule has 0 fully saturated rings. The smallest absolute Gasteiger partial charge is 0.330 e. The molecule has 3 aromatic rings. The fourth-order valence-electron chi connectivity index (χ4n) is 3.81. The SMILES string of the molecule is CNc1ccc(C(C)(C)c2ccc(CC(=O)C(F)(F)c3ccc(C(F)(F)C(C)=O)cc3)cc2)cc1. The zero-order valence-corrected chi connectivity index (χ0v) is 20.0. The first-order chi connectivity index (χ1) is 16.3. The second-order valence-corrected chi connectivity index (χ2v) is 9.03. The number of nitrogens with one attached hydrogen (secondary N) is 1. The molecular formula is C28H27F4NO2. The minimum Gasteiger partial charge on any atom is -0.388 e. The Kier molecular flexibility index (Phi) is 7.20. The lowest BCUT2D eigenvalue weighted by Gasteiger charge is -2.26. The van der Waals surface area contributed by atoms with Gasteiger partial charge in [0.1, 0.15) is 0 Å². The quantitative estimate of drug-likeness (QED) is 0.346. The minimum atomic E-state index is -3.86. The Morgan fingerprint density at radius 3 is 1.51 bits per heavy atom. The highest BCUT2D eigenvalue weighted by molar-refractivity contribution is 5.89. The van der Waals surface area contributed by atoms with Gasteiger partial charge in [-0.25, -0.2) is 0 Å². The van der Waals surface area contributed by atoms with Crippen LogP contribution in [0.5, 0.6) is 0 Å². The molecule has 0 bridgehead atoms. The van der Waals surface area contributed by atoms with Gasteiger partial charge in [0.05, 0.1) is 0 Å². The molecule has 1 N–H and O–H groups in total. The number of alkyl halides is 4. The lowest BCUT2D eigenvalue weighted by molar-refractivity contribution is -0.144. The fourth-order valence-corrected chi connectivity index (χ4v) is 3.81. The van der Waals surface area contributed by atoms with Crippen molar-refractivity contribution in [2.45, 2.75) is 44.5 Å². The molecule has 3 rings (SSSR count). The number of carbonyl (C=O) groups is 2. The molecule has 0 aliphatic heterocycles. The first kappa shape index (κ1) is 26.1. The summed E-state index contributed by atoms with van der Waals surface area (Å²) in [6.07, 6.45) is -0.518. The Labute approximate surface area is 202 Å². The second-order valence-electron chi connectivity index (χ2n) is 9.03. The van der Waals surface area contributed by atoms with E-state index in [0.29, 0.717) is 5.56 Å². The summed E-state index contributed by atoms with van der Waals surface area (Å²) in [7, 11) is 1.84. The first-order valence-electron chi connectivity index (χ1n) is 11.1. The summed E-state index contributed by atoms with van der Waals surface area (Å²) in [4.78, 5) is 23.5. The summed E-state index contributed by atoms with van der Waals surface area (Å²) < 4.78 is 57.1. The summed E-state index contributed by atoms with van der Waals surface area (Å²) in [6, 6.07) is 17.9. The van der Waals surface area contributed by atoms with Gasteiger partial charge in [-0.05, 0) is 28.8 Å². The third-order valence-electron chi connectivity index (χ3n) is 6.34. The van der Waals surface area contributed by atoms with Gasteiger partial charge in [-0.2, -0.15) is 17.6 Å². The van der Waals surface area contributed by atoms with Crippen LogP contribution in [-0.4, -0.2) is 18.6 Å². The molecule has 0 radical (unpaired) electrons. The normalized spacial score (nSPS) is 12.3. The number of halogens is 4. The van der Waals surface area contributed by atoms with Crippen LogP contribution in [0.1, 0.15) is 48.6 Å². The molecule has 3 aromatic carbocycles. The number of ketones is 2. The van der Waals surface area contributed by atoms with Crippen molar-refractivity contribution in [3.8, 4) is 0 Å². The highest BCUT2D eigenvalue weighted by Gasteiger charge is 2.42. The van der Waals surface area contributed by atoms with E-state index in [1.54, 1.807) is 12.1 Å². The number of carbonyl (C=O) groups excluding carboxylic acids is 2. The van der Waals surface area contributed by atoms with E-state index in [1.807, 2.05) is 43.4 Å². The zero-order chi connectivity index (χ0) is 26.0. The third kappa shape index (κ3) is 5.29. The summed E-state index contributed by atoms with van der Waals surface area (Å²) in [5.41, 5.74) is 1.69. The molecule has 0 heterocycles. The van der Waals surface area contributed by atoms with E-state index in [4.69, 9.17) is 0 Å². The fraction of sp³-hybridized carbons (Fsp3) is 0.286. The number of anilines is 1. The van der Waals surface area contributed by atoms with Crippen molar-refractivity contribution in [2.75, 3.05) is 12.4 Å². The lowest BCUT2D eigenvalue weighted by atomic mass is 9.78. The van der Waals surface area contributed by atoms with E-state index >= 15 is 0 Å². The van der Waals surface area contributed by atoms with E-state index in [2.05, 4.69) is 19.2 Å². The van der Waals surface area contributed by atoms with E-state index in [0.717, 1.165) is 48.0 Å². The predicted octanol–water partition coefficient (Wildman–Crippen LogP) is 6.64. The highest BCUT2D eigenvalue weighted by atomic mass is 19.3. The molecule has 184 valence electrons. The molecule has 0 aromatic heterocycles. The van der Waals surface area contributed by atoms with E-state index < -0.39 is 41.0 Å². The molecule has 0 atom stereocenters. The Morgan fingerprint density at radius 2 is 1.09 bits per heavy atom. The molecule has 0 unspecified atom stereocenters. The monoisotopic (exact) mass is 485 g/mol. The molecule has 0 aliphatic carbocycles. The van der Waals surface area contributed by atoms with Crippen molar-refractivity contribution >= 4 is 17.3 Å². The molecule has 3 nitrogen and oxygen atoms in total. The maximum absolute atomic E-state index is 14.8. The maximum Gasteiger partial charge on any atom is 0.330 e. The third-order valence-corrected chi connectivity index (χ3v) is 6.34. The van der Waals surface area contributed by atoms with Gasteiger partial charge < -0.3 is 5.32 Å². The van der Waals surface area contributed by atoms with Gasteiger partial charge in [-0.15, -0.1) is 0 Å². The van der Waals surface area contributed by atoms with Crippen LogP contribution >= 0.6 is 0 Å². The molecule has 35 heavy (non-hydrogen) atoms. The number of hydrogen-bond acceptors (Lipinski definition) is 3. The van der Waals surface area contributed by atoms with Crippen LogP contribution in [-0.2, 0) is 33.3 Å². The Balaban J connectivity index is 1.75. The summed E-state index contributed by atoms with van der Waals surface area (Å²) in [5.74, 6) is -10.4. The van der Waals surface area contributed by atoms with E-state index in [-0.39, 0.29) is 5.41 Å². The van der Waals surface area contributed by atoms with Crippen LogP contribution in [0.2, 0.25) is 0 Å². The summed E-state index contributed by atoms with van der Waals surface area (Å²) in [5, 5.41) is 3.07. The number of Topliss-reactive ketones (excluding diaryl/α,β-unsaturated/α-hetero) is 2. The molecule has 7 heteroatoms.